The molecule has 1 saturated heterocycles. The summed E-state index contributed by atoms with van der Waals surface area (Å²) >= 11 is 5.77. The molecule has 0 bridgehead atoms. The molecule has 6 N–H and O–H groups in total. The first-order valence-electron chi connectivity index (χ1n) is 8.73. The van der Waals surface area contributed by atoms with Crippen LogP contribution in [-0.4, -0.2) is 63.4 Å². The van der Waals surface area contributed by atoms with E-state index in [4.69, 9.17) is 27.9 Å². The van der Waals surface area contributed by atoms with Gasteiger partial charge in [0.25, 0.3) is 0 Å². The van der Waals surface area contributed by atoms with Crippen molar-refractivity contribution in [3.63, 3.8) is 0 Å². The third-order valence-corrected chi connectivity index (χ3v) is 5.71. The van der Waals surface area contributed by atoms with Crippen LogP contribution in [0.25, 0.3) is 0 Å². The molecular weight excluding hydrogens is 424 g/mol. The zero-order chi connectivity index (χ0) is 21.4. The summed E-state index contributed by atoms with van der Waals surface area (Å²) < 4.78 is 27.4. The topological polar surface area (TPSA) is 169 Å². The van der Waals surface area contributed by atoms with Crippen LogP contribution in [0.5, 0.6) is 0 Å². The quantitative estimate of drug-likeness (QED) is 0.162. The zero-order valence-electron chi connectivity index (χ0n) is 15.5. The van der Waals surface area contributed by atoms with Gasteiger partial charge in [0.05, 0.1) is 18.0 Å². The number of hydrogen-bond acceptors (Lipinski definition) is 6. The number of piperidine rings is 1. The van der Waals surface area contributed by atoms with Crippen molar-refractivity contribution in [2.24, 2.45) is 16.6 Å². The predicted octanol–water partition coefficient (Wildman–Crippen LogP) is -1.07. The number of benzene rings is 1. The van der Waals surface area contributed by atoms with Gasteiger partial charge < -0.3 is 26.5 Å². The molecule has 1 aliphatic heterocycles. The molecule has 11 nitrogen and oxygen atoms in total. The molecule has 1 aliphatic rings. The van der Waals surface area contributed by atoms with E-state index in [0.29, 0.717) is 24.4 Å². The van der Waals surface area contributed by atoms with Crippen molar-refractivity contribution in [1.29, 1.82) is 0 Å². The number of carbonyl (C=O) groups excluding carboxylic acids is 2. The van der Waals surface area contributed by atoms with Crippen molar-refractivity contribution < 1.29 is 22.8 Å². The minimum atomic E-state index is -3.90. The molecule has 0 aliphatic carbocycles. The van der Waals surface area contributed by atoms with Crippen molar-refractivity contribution in [2.75, 3.05) is 26.2 Å². The van der Waals surface area contributed by atoms with E-state index in [1.807, 2.05) is 0 Å². The van der Waals surface area contributed by atoms with Gasteiger partial charge in [-0.05, 0) is 42.3 Å². The Morgan fingerprint density at radius 3 is 2.66 bits per heavy atom. The van der Waals surface area contributed by atoms with Gasteiger partial charge in [0.1, 0.15) is 12.6 Å². The molecule has 1 atom stereocenters. The van der Waals surface area contributed by atoms with E-state index < -0.39 is 27.9 Å². The smallest absolute Gasteiger partial charge is 0.241 e. The predicted molar refractivity (Wildman–Crippen MR) is 106 cm³/mol. The van der Waals surface area contributed by atoms with Crippen LogP contribution in [0.4, 0.5) is 0 Å². The molecule has 160 valence electrons. The van der Waals surface area contributed by atoms with Crippen LogP contribution in [-0.2, 0) is 24.4 Å². The molecular formula is C16H23ClN6O5S. The van der Waals surface area contributed by atoms with Crippen molar-refractivity contribution in [3.05, 3.63) is 29.3 Å². The maximum atomic E-state index is 12.6. The van der Waals surface area contributed by atoms with Gasteiger partial charge >= 0.3 is 0 Å². The summed E-state index contributed by atoms with van der Waals surface area (Å²) in [6.07, 6.45) is 0.899. The number of rotatable bonds is 9. The molecule has 1 aromatic rings. The number of oxime groups is 1. The van der Waals surface area contributed by atoms with Gasteiger partial charge in [-0.3, -0.25) is 9.59 Å². The maximum Gasteiger partial charge on any atom is 0.241 e. The molecule has 0 saturated carbocycles. The Morgan fingerprint density at radius 1 is 1.31 bits per heavy atom. The van der Waals surface area contributed by atoms with E-state index >= 15 is 0 Å². The number of likely N-dealkylation sites (tertiary alicyclic amines) is 1. The fourth-order valence-electron chi connectivity index (χ4n) is 2.66. The second-order valence-electron chi connectivity index (χ2n) is 6.23. The first-order chi connectivity index (χ1) is 13.7. The fraction of sp³-hybridized carbons (Fsp3) is 0.438. The van der Waals surface area contributed by atoms with Crippen LogP contribution in [0.1, 0.15) is 12.8 Å². The average molecular weight is 447 g/mol. The molecule has 0 radical (unpaired) electrons. The summed E-state index contributed by atoms with van der Waals surface area (Å²) in [5, 5.41) is 6.27. The monoisotopic (exact) mass is 446 g/mol. The average Bonchev–Trinajstić information content (AvgIpc) is 2.64. The number of sulfonamides is 1. The van der Waals surface area contributed by atoms with Crippen molar-refractivity contribution in [2.45, 2.75) is 23.8 Å². The molecule has 1 fully saturated rings. The first kappa shape index (κ1) is 22.7. The van der Waals surface area contributed by atoms with E-state index in [2.05, 4.69) is 15.2 Å². The number of nitrogens with two attached hydrogens (primary N) is 2. The molecule has 2 rings (SSSR count). The van der Waals surface area contributed by atoms with E-state index in [1.54, 1.807) is 0 Å². The Balaban J connectivity index is 1.88. The summed E-state index contributed by atoms with van der Waals surface area (Å²) in [5.74, 6) is -1.10. The van der Waals surface area contributed by atoms with Gasteiger partial charge in [-0.2, -0.15) is 4.72 Å². The lowest BCUT2D eigenvalue weighted by atomic mass is 10.1. The van der Waals surface area contributed by atoms with Gasteiger partial charge in [-0.15, -0.1) is 0 Å². The molecule has 1 heterocycles. The van der Waals surface area contributed by atoms with Crippen molar-refractivity contribution >= 4 is 39.4 Å². The Bertz CT molecular complexity index is 857. The Kier molecular flexibility index (Phi) is 8.05. The lowest BCUT2D eigenvalue weighted by molar-refractivity contribution is -0.139. The van der Waals surface area contributed by atoms with Crippen LogP contribution in [0.3, 0.4) is 0 Å². The van der Waals surface area contributed by atoms with Crippen molar-refractivity contribution in [3.8, 4) is 0 Å². The van der Waals surface area contributed by atoms with Gasteiger partial charge in [0, 0.05) is 11.6 Å². The highest BCUT2D eigenvalue weighted by Crippen LogP contribution is 2.17. The number of nitrogens with one attached hydrogen (secondary N) is 2. The number of guanidine groups is 1. The minimum absolute atomic E-state index is 0.00495. The second-order valence-corrected chi connectivity index (χ2v) is 8.38. The summed E-state index contributed by atoms with van der Waals surface area (Å²) in [6, 6.07) is 4.67. The maximum absolute atomic E-state index is 12.6. The van der Waals surface area contributed by atoms with E-state index in [0.717, 1.165) is 0 Å². The van der Waals surface area contributed by atoms with Crippen LogP contribution < -0.4 is 21.5 Å². The lowest BCUT2D eigenvalue weighted by Gasteiger charge is -2.32. The summed E-state index contributed by atoms with van der Waals surface area (Å²) in [4.78, 5) is 30.7. The lowest BCUT2D eigenvalue weighted by Crippen LogP contribution is -2.54. The van der Waals surface area contributed by atoms with Gasteiger partial charge in [0.15, 0.2) is 0 Å². The largest absolute Gasteiger partial charge is 0.391 e. The highest BCUT2D eigenvalue weighted by Gasteiger charge is 2.33. The third kappa shape index (κ3) is 7.07. The number of halogens is 1. The van der Waals surface area contributed by atoms with Crippen molar-refractivity contribution in [1.82, 2.24) is 14.9 Å². The van der Waals surface area contributed by atoms with E-state index in [-0.39, 0.29) is 30.6 Å². The number of nitrogens with zero attached hydrogens (tertiary/aromatic N) is 2. The SMILES string of the molecule is NC(N)=NOCCNC(=O)CN1CCC[C@H](NS(=O)(=O)c2ccc(Cl)cc2)C1=O. The Labute approximate surface area is 173 Å². The van der Waals surface area contributed by atoms with Gasteiger partial charge in [0.2, 0.25) is 27.8 Å². The summed E-state index contributed by atoms with van der Waals surface area (Å²) in [5.41, 5.74) is 10.2. The molecule has 0 spiro atoms. The first-order valence-corrected chi connectivity index (χ1v) is 10.6. The van der Waals surface area contributed by atoms with E-state index in [9.17, 15) is 18.0 Å². The number of amides is 2. The molecule has 0 aromatic heterocycles. The number of carbonyl (C=O) groups is 2. The fourth-order valence-corrected chi connectivity index (χ4v) is 4.01. The van der Waals surface area contributed by atoms with E-state index in [1.165, 1.54) is 29.2 Å². The normalized spacial score (nSPS) is 16.9. The zero-order valence-corrected chi connectivity index (χ0v) is 17.1. The van der Waals surface area contributed by atoms with Gasteiger partial charge in [-0.25, -0.2) is 8.42 Å². The van der Waals surface area contributed by atoms with Crippen LogP contribution in [0, 0.1) is 0 Å². The standard InChI is InChI=1S/C16H23ClN6O5S/c17-11-3-5-12(6-4-11)29(26,27)22-13-2-1-8-23(15(13)25)10-14(24)20-7-9-28-21-16(18)19/h3-6,13,22H,1-2,7-10H2,(H,20,24)(H4,18,19,21)/t13-/m0/s1. The minimum Gasteiger partial charge on any atom is -0.391 e. The molecule has 13 heteroatoms. The van der Waals surface area contributed by atoms with Crippen LogP contribution in [0.15, 0.2) is 34.3 Å². The van der Waals surface area contributed by atoms with Crippen LogP contribution in [0.2, 0.25) is 5.02 Å². The number of hydrogen-bond donors (Lipinski definition) is 4. The van der Waals surface area contributed by atoms with Crippen LogP contribution >= 0.6 is 11.6 Å². The Morgan fingerprint density at radius 2 is 2.00 bits per heavy atom. The highest BCUT2D eigenvalue weighted by atomic mass is 35.5. The Hall–Kier alpha value is -2.57. The molecule has 29 heavy (non-hydrogen) atoms. The molecule has 1 aromatic carbocycles. The van der Waals surface area contributed by atoms with Gasteiger partial charge in [-0.1, -0.05) is 11.6 Å². The highest BCUT2D eigenvalue weighted by molar-refractivity contribution is 7.89. The molecule has 0 unspecified atom stereocenters. The third-order valence-electron chi connectivity index (χ3n) is 3.97. The molecule has 2 amide bonds. The summed E-state index contributed by atoms with van der Waals surface area (Å²) in [6.45, 7) is 0.363. The second kappa shape index (κ2) is 10.3. The summed E-state index contributed by atoms with van der Waals surface area (Å²) in [7, 11) is -3.90.